The van der Waals surface area contributed by atoms with Gasteiger partial charge in [-0.3, -0.25) is 0 Å². The zero-order valence-electron chi connectivity index (χ0n) is 11.3. The monoisotopic (exact) mass is 393 g/mol. The molecule has 3 rings (SSSR count). The molecule has 5 nitrogen and oxygen atoms in total. The average Bonchev–Trinajstić information content (AvgIpc) is 3.14. The second-order valence-electron chi connectivity index (χ2n) is 5.58. The van der Waals surface area contributed by atoms with E-state index < -0.39 is 25.9 Å². The van der Waals surface area contributed by atoms with Gasteiger partial charge in [0.1, 0.15) is 0 Å². The molecule has 2 aliphatic rings. The molecule has 1 saturated heterocycles. The SMILES string of the molecule is O=S1(=O)CC[C@@H](N(C2CC2)S(=O)(=O)c2ccc(Br)cc2)C1. The van der Waals surface area contributed by atoms with Gasteiger partial charge in [0.2, 0.25) is 10.0 Å². The Balaban J connectivity index is 1.95. The first-order chi connectivity index (χ1) is 9.79. The van der Waals surface area contributed by atoms with E-state index in [4.69, 9.17) is 0 Å². The third kappa shape index (κ3) is 3.18. The predicted octanol–water partition coefficient (Wildman–Crippen LogP) is 1.79. The van der Waals surface area contributed by atoms with Gasteiger partial charge >= 0.3 is 0 Å². The quantitative estimate of drug-likeness (QED) is 0.781. The van der Waals surface area contributed by atoms with E-state index in [2.05, 4.69) is 15.9 Å². The molecule has 1 saturated carbocycles. The molecule has 0 bridgehead atoms. The van der Waals surface area contributed by atoms with Gasteiger partial charge in [0.25, 0.3) is 0 Å². The van der Waals surface area contributed by atoms with Crippen molar-refractivity contribution >= 4 is 35.8 Å². The lowest BCUT2D eigenvalue weighted by Gasteiger charge is -2.27. The Morgan fingerprint density at radius 1 is 1.05 bits per heavy atom. The molecule has 1 aliphatic heterocycles. The molecular weight excluding hydrogens is 378 g/mol. The summed E-state index contributed by atoms with van der Waals surface area (Å²) in [5, 5.41) is 0. The van der Waals surface area contributed by atoms with E-state index in [1.807, 2.05) is 0 Å². The molecule has 0 amide bonds. The van der Waals surface area contributed by atoms with Gasteiger partial charge < -0.3 is 0 Å². The summed E-state index contributed by atoms with van der Waals surface area (Å²) in [6, 6.07) is 6.01. The number of rotatable bonds is 4. The van der Waals surface area contributed by atoms with Crippen LogP contribution in [-0.2, 0) is 19.9 Å². The molecule has 1 heterocycles. The molecule has 8 heteroatoms. The molecule has 0 N–H and O–H groups in total. The van der Waals surface area contributed by atoms with Gasteiger partial charge in [-0.2, -0.15) is 4.31 Å². The van der Waals surface area contributed by atoms with Crippen LogP contribution in [-0.4, -0.2) is 44.7 Å². The Kier molecular flexibility index (Phi) is 3.92. The molecule has 0 unspecified atom stereocenters. The molecule has 2 fully saturated rings. The van der Waals surface area contributed by atoms with Crippen LogP contribution in [0.25, 0.3) is 0 Å². The minimum Gasteiger partial charge on any atom is -0.229 e. The molecule has 0 radical (unpaired) electrons. The summed E-state index contributed by atoms with van der Waals surface area (Å²) in [6.07, 6.45) is 2.02. The lowest BCUT2D eigenvalue weighted by atomic mass is 10.2. The van der Waals surface area contributed by atoms with Crippen molar-refractivity contribution in [2.75, 3.05) is 11.5 Å². The van der Waals surface area contributed by atoms with Gasteiger partial charge in [-0.05, 0) is 43.5 Å². The fraction of sp³-hybridized carbons (Fsp3) is 0.538. The van der Waals surface area contributed by atoms with Crippen molar-refractivity contribution < 1.29 is 16.8 Å². The molecule has 0 aromatic heterocycles. The van der Waals surface area contributed by atoms with Crippen molar-refractivity contribution in [3.8, 4) is 0 Å². The van der Waals surface area contributed by atoms with Crippen molar-refractivity contribution in [2.45, 2.75) is 36.2 Å². The number of hydrogen-bond donors (Lipinski definition) is 0. The number of nitrogens with zero attached hydrogens (tertiary/aromatic N) is 1. The van der Waals surface area contributed by atoms with Gasteiger partial charge in [-0.15, -0.1) is 0 Å². The van der Waals surface area contributed by atoms with Gasteiger partial charge in [-0.25, -0.2) is 16.8 Å². The van der Waals surface area contributed by atoms with E-state index in [-0.39, 0.29) is 22.4 Å². The lowest BCUT2D eigenvalue weighted by molar-refractivity contribution is 0.332. The maximum absolute atomic E-state index is 12.8. The molecule has 1 aromatic carbocycles. The predicted molar refractivity (Wildman–Crippen MR) is 83.2 cm³/mol. The highest BCUT2D eigenvalue weighted by molar-refractivity contribution is 9.10. The molecule has 21 heavy (non-hydrogen) atoms. The third-order valence-electron chi connectivity index (χ3n) is 3.86. The zero-order valence-corrected chi connectivity index (χ0v) is 14.5. The maximum Gasteiger partial charge on any atom is 0.243 e. The largest absolute Gasteiger partial charge is 0.243 e. The normalized spacial score (nSPS) is 25.3. The van der Waals surface area contributed by atoms with Crippen LogP contribution >= 0.6 is 15.9 Å². The van der Waals surface area contributed by atoms with E-state index >= 15 is 0 Å². The Hall–Kier alpha value is -0.440. The zero-order chi connectivity index (χ0) is 15.3. The van der Waals surface area contributed by atoms with Crippen molar-refractivity contribution in [2.24, 2.45) is 0 Å². The lowest BCUT2D eigenvalue weighted by Crippen LogP contribution is -2.42. The Morgan fingerprint density at radius 2 is 1.67 bits per heavy atom. The van der Waals surface area contributed by atoms with Crippen LogP contribution in [0.1, 0.15) is 19.3 Å². The second-order valence-corrected chi connectivity index (χ2v) is 10.6. The molecule has 116 valence electrons. The van der Waals surface area contributed by atoms with Crippen LogP contribution in [0.3, 0.4) is 0 Å². The minimum atomic E-state index is -3.64. The van der Waals surface area contributed by atoms with Gasteiger partial charge in [-0.1, -0.05) is 15.9 Å². The summed E-state index contributed by atoms with van der Waals surface area (Å²) in [5.74, 6) is 0.0238. The van der Waals surface area contributed by atoms with Crippen molar-refractivity contribution in [1.29, 1.82) is 0 Å². The number of sulfonamides is 1. The summed E-state index contributed by atoms with van der Waals surface area (Å²) in [5.41, 5.74) is 0. The van der Waals surface area contributed by atoms with Crippen molar-refractivity contribution in [3.05, 3.63) is 28.7 Å². The molecule has 1 atom stereocenters. The fourth-order valence-corrected chi connectivity index (χ4v) is 6.69. The Morgan fingerprint density at radius 3 is 2.14 bits per heavy atom. The van der Waals surface area contributed by atoms with Crippen molar-refractivity contribution in [1.82, 2.24) is 4.31 Å². The minimum absolute atomic E-state index is 0.0445. The molecule has 0 spiro atoms. The fourth-order valence-electron chi connectivity index (χ4n) is 2.72. The maximum atomic E-state index is 12.8. The van der Waals surface area contributed by atoms with Crippen LogP contribution in [0.2, 0.25) is 0 Å². The smallest absolute Gasteiger partial charge is 0.229 e. The summed E-state index contributed by atoms with van der Waals surface area (Å²) >= 11 is 3.28. The number of sulfone groups is 1. The average molecular weight is 394 g/mol. The van der Waals surface area contributed by atoms with Crippen LogP contribution in [0.4, 0.5) is 0 Å². The van der Waals surface area contributed by atoms with E-state index in [1.54, 1.807) is 24.3 Å². The van der Waals surface area contributed by atoms with Crippen LogP contribution in [0.5, 0.6) is 0 Å². The third-order valence-corrected chi connectivity index (χ3v) is 8.16. The summed E-state index contributed by atoms with van der Waals surface area (Å²) in [7, 11) is -6.75. The number of hydrogen-bond acceptors (Lipinski definition) is 4. The first kappa shape index (κ1) is 15.5. The van der Waals surface area contributed by atoms with Crippen molar-refractivity contribution in [3.63, 3.8) is 0 Å². The number of benzene rings is 1. The van der Waals surface area contributed by atoms with E-state index in [9.17, 15) is 16.8 Å². The van der Waals surface area contributed by atoms with Crippen LogP contribution in [0.15, 0.2) is 33.6 Å². The summed E-state index contributed by atoms with van der Waals surface area (Å²) in [6.45, 7) is 0. The van der Waals surface area contributed by atoms with Gasteiger partial charge in [0.15, 0.2) is 9.84 Å². The van der Waals surface area contributed by atoms with E-state index in [0.29, 0.717) is 6.42 Å². The standard InChI is InChI=1S/C13H16BrNO4S2/c14-10-1-5-13(6-2-10)21(18,19)15(11-3-4-11)12-7-8-20(16,17)9-12/h1-2,5-6,11-12H,3-4,7-9H2/t12-/m1/s1. The Labute approximate surface area is 133 Å². The summed E-state index contributed by atoms with van der Waals surface area (Å²) in [4.78, 5) is 0.224. The summed E-state index contributed by atoms with van der Waals surface area (Å²) < 4.78 is 51.3. The first-order valence-electron chi connectivity index (χ1n) is 6.79. The van der Waals surface area contributed by atoms with E-state index in [1.165, 1.54) is 4.31 Å². The highest BCUT2D eigenvalue weighted by Gasteiger charge is 2.46. The highest BCUT2D eigenvalue weighted by atomic mass is 79.9. The van der Waals surface area contributed by atoms with Crippen LogP contribution < -0.4 is 0 Å². The first-order valence-corrected chi connectivity index (χ1v) is 10.8. The highest BCUT2D eigenvalue weighted by Crippen LogP contribution is 2.37. The number of halogens is 1. The molecule has 1 aliphatic carbocycles. The van der Waals surface area contributed by atoms with Gasteiger partial charge in [0, 0.05) is 16.6 Å². The topological polar surface area (TPSA) is 71.5 Å². The molecular formula is C13H16BrNO4S2. The molecule has 1 aromatic rings. The Bertz CT molecular complexity index is 739. The van der Waals surface area contributed by atoms with Crippen LogP contribution in [0, 0.1) is 0 Å². The van der Waals surface area contributed by atoms with Gasteiger partial charge in [0.05, 0.1) is 16.4 Å². The second kappa shape index (κ2) is 5.33. The van der Waals surface area contributed by atoms with E-state index in [0.717, 1.165) is 17.3 Å².